The molecule has 146 valence electrons. The van der Waals surface area contributed by atoms with Gasteiger partial charge in [0.05, 0.1) is 4.92 Å². The molecular weight excluding hydrogens is 362 g/mol. The van der Waals surface area contributed by atoms with Gasteiger partial charge >= 0.3 is 0 Å². The molecule has 0 fully saturated rings. The average Bonchev–Trinajstić information content (AvgIpc) is 2.86. The number of amides is 2. The lowest BCUT2D eigenvalue weighted by atomic mass is 10.1. The molecule has 2 amide bonds. The molecule has 28 heavy (non-hydrogen) atoms. The van der Waals surface area contributed by atoms with Gasteiger partial charge in [0, 0.05) is 41.5 Å². The van der Waals surface area contributed by atoms with Crippen LogP contribution in [0.3, 0.4) is 0 Å². The lowest BCUT2D eigenvalue weighted by molar-refractivity contribution is -0.384. The minimum Gasteiger partial charge on any atom is -0.483 e. The number of non-ortho nitro benzene ring substituents is 1. The Bertz CT molecular complexity index is 911. The van der Waals surface area contributed by atoms with Crippen molar-refractivity contribution >= 4 is 23.2 Å². The summed E-state index contributed by atoms with van der Waals surface area (Å²) in [5.41, 5.74) is 1.61. The third-order valence-corrected chi connectivity index (χ3v) is 4.79. The second-order valence-corrected chi connectivity index (χ2v) is 6.65. The van der Waals surface area contributed by atoms with Crippen molar-refractivity contribution in [2.45, 2.75) is 32.9 Å². The van der Waals surface area contributed by atoms with E-state index in [9.17, 15) is 19.7 Å². The molecule has 0 radical (unpaired) electrons. The minimum atomic E-state index is -0.515. The summed E-state index contributed by atoms with van der Waals surface area (Å²) in [5, 5.41) is 13.5. The van der Waals surface area contributed by atoms with Gasteiger partial charge in [0.1, 0.15) is 5.75 Å². The molecule has 8 heteroatoms. The highest BCUT2D eigenvalue weighted by Crippen LogP contribution is 2.28. The Morgan fingerprint density at radius 3 is 2.64 bits per heavy atom. The lowest BCUT2D eigenvalue weighted by Crippen LogP contribution is -2.39. The first-order chi connectivity index (χ1) is 13.4. The number of rotatable bonds is 5. The Morgan fingerprint density at radius 2 is 2.00 bits per heavy atom. The summed E-state index contributed by atoms with van der Waals surface area (Å²) in [7, 11) is 0. The number of carbonyl (C=O) groups is 2. The maximum Gasteiger partial charge on any atom is 0.269 e. The van der Waals surface area contributed by atoms with Crippen LogP contribution in [0.2, 0.25) is 0 Å². The molecular formula is C20H21N3O5. The van der Waals surface area contributed by atoms with Crippen molar-refractivity contribution in [1.29, 1.82) is 0 Å². The van der Waals surface area contributed by atoms with E-state index in [0.29, 0.717) is 23.5 Å². The van der Waals surface area contributed by atoms with E-state index in [0.717, 1.165) is 12.0 Å². The van der Waals surface area contributed by atoms with Crippen LogP contribution in [0.5, 0.6) is 5.75 Å². The van der Waals surface area contributed by atoms with E-state index in [1.165, 1.54) is 24.3 Å². The summed E-state index contributed by atoms with van der Waals surface area (Å²) in [6, 6.07) is 10.7. The first kappa shape index (κ1) is 19.3. The fourth-order valence-electron chi connectivity index (χ4n) is 2.98. The van der Waals surface area contributed by atoms with Crippen LogP contribution < -0.4 is 10.1 Å². The molecule has 2 aromatic carbocycles. The van der Waals surface area contributed by atoms with Crippen molar-refractivity contribution in [1.82, 2.24) is 4.90 Å². The Kier molecular flexibility index (Phi) is 5.58. The molecule has 1 aliphatic heterocycles. The van der Waals surface area contributed by atoms with E-state index in [4.69, 9.17) is 4.74 Å². The number of hydrogen-bond acceptors (Lipinski definition) is 5. The van der Waals surface area contributed by atoms with Crippen LogP contribution in [-0.4, -0.2) is 34.3 Å². The van der Waals surface area contributed by atoms with Crippen LogP contribution in [0.15, 0.2) is 42.5 Å². The zero-order valence-electron chi connectivity index (χ0n) is 15.7. The maximum atomic E-state index is 12.4. The molecule has 3 rings (SSSR count). The van der Waals surface area contributed by atoms with Gasteiger partial charge in [-0.3, -0.25) is 19.7 Å². The molecule has 0 bridgehead atoms. The molecule has 0 spiro atoms. The smallest absolute Gasteiger partial charge is 0.269 e. The molecule has 0 saturated carbocycles. The SMILES string of the molecule is CC[C@@H](C)N1Cc2cc(NC(=O)c3ccc([N+](=O)[O-])cc3)ccc2OCC1=O. The quantitative estimate of drug-likeness (QED) is 0.630. The van der Waals surface area contributed by atoms with Gasteiger partial charge in [-0.25, -0.2) is 0 Å². The highest BCUT2D eigenvalue weighted by atomic mass is 16.6. The molecule has 0 aromatic heterocycles. The number of fused-ring (bicyclic) bond motifs is 1. The van der Waals surface area contributed by atoms with Gasteiger partial charge in [-0.05, 0) is 43.7 Å². The van der Waals surface area contributed by atoms with E-state index < -0.39 is 4.92 Å². The molecule has 8 nitrogen and oxygen atoms in total. The number of anilines is 1. The average molecular weight is 383 g/mol. The Labute approximate surface area is 162 Å². The lowest BCUT2D eigenvalue weighted by Gasteiger charge is -2.26. The molecule has 1 aliphatic rings. The predicted molar refractivity (Wildman–Crippen MR) is 103 cm³/mol. The van der Waals surface area contributed by atoms with Gasteiger partial charge in [0.2, 0.25) is 0 Å². The normalized spacial score (nSPS) is 14.5. The van der Waals surface area contributed by atoms with Crippen LogP contribution in [0.1, 0.15) is 36.2 Å². The largest absolute Gasteiger partial charge is 0.483 e. The van der Waals surface area contributed by atoms with Crippen molar-refractivity contribution in [2.75, 3.05) is 11.9 Å². The second-order valence-electron chi connectivity index (χ2n) is 6.65. The standard InChI is InChI=1S/C20H21N3O5/c1-3-13(2)22-11-15-10-16(6-9-18(15)28-12-19(22)24)21-20(25)14-4-7-17(8-5-14)23(26)27/h4-10,13H,3,11-12H2,1-2H3,(H,21,25)/t13-/m1/s1. The second kappa shape index (κ2) is 8.08. The number of carbonyl (C=O) groups excluding carboxylic acids is 2. The highest BCUT2D eigenvalue weighted by molar-refractivity contribution is 6.04. The van der Waals surface area contributed by atoms with Crippen molar-refractivity contribution in [3.05, 3.63) is 63.7 Å². The zero-order chi connectivity index (χ0) is 20.3. The van der Waals surface area contributed by atoms with Gasteiger partial charge in [-0.2, -0.15) is 0 Å². The zero-order valence-corrected chi connectivity index (χ0v) is 15.7. The summed E-state index contributed by atoms with van der Waals surface area (Å²) in [5.74, 6) is 0.175. The van der Waals surface area contributed by atoms with Crippen LogP contribution >= 0.6 is 0 Å². The van der Waals surface area contributed by atoms with E-state index in [-0.39, 0.29) is 30.2 Å². The monoisotopic (exact) mass is 383 g/mol. The third kappa shape index (κ3) is 4.11. The molecule has 0 unspecified atom stereocenters. The van der Waals surface area contributed by atoms with Crippen LogP contribution in [0.25, 0.3) is 0 Å². The molecule has 1 heterocycles. The van der Waals surface area contributed by atoms with E-state index >= 15 is 0 Å². The van der Waals surface area contributed by atoms with Crippen molar-refractivity contribution < 1.29 is 19.2 Å². The minimum absolute atomic E-state index is 0.00809. The number of nitro groups is 1. The van der Waals surface area contributed by atoms with Gasteiger partial charge in [-0.15, -0.1) is 0 Å². The first-order valence-corrected chi connectivity index (χ1v) is 9.00. The number of nitro benzene ring substituents is 1. The summed E-state index contributed by atoms with van der Waals surface area (Å²) in [6.45, 7) is 4.41. The molecule has 1 atom stereocenters. The predicted octanol–water partition coefficient (Wildman–Crippen LogP) is 3.37. The molecule has 0 aliphatic carbocycles. The van der Waals surface area contributed by atoms with Gasteiger partial charge in [0.25, 0.3) is 17.5 Å². The number of ether oxygens (including phenoxy) is 1. The number of nitrogens with zero attached hydrogens (tertiary/aromatic N) is 2. The summed E-state index contributed by atoms with van der Waals surface area (Å²) >= 11 is 0. The maximum absolute atomic E-state index is 12.4. The van der Waals surface area contributed by atoms with E-state index in [1.54, 1.807) is 23.1 Å². The topological polar surface area (TPSA) is 102 Å². The summed E-state index contributed by atoms with van der Waals surface area (Å²) < 4.78 is 5.60. The molecule has 0 saturated heterocycles. The van der Waals surface area contributed by atoms with Crippen LogP contribution in [-0.2, 0) is 11.3 Å². The Morgan fingerprint density at radius 1 is 1.29 bits per heavy atom. The number of nitrogens with one attached hydrogen (secondary N) is 1. The fourth-order valence-corrected chi connectivity index (χ4v) is 2.98. The van der Waals surface area contributed by atoms with Gasteiger partial charge in [-0.1, -0.05) is 6.92 Å². The molecule has 1 N–H and O–H groups in total. The molecule has 2 aromatic rings. The van der Waals surface area contributed by atoms with Crippen molar-refractivity contribution in [3.63, 3.8) is 0 Å². The summed E-state index contributed by atoms with van der Waals surface area (Å²) in [6.07, 6.45) is 0.831. The first-order valence-electron chi connectivity index (χ1n) is 9.00. The van der Waals surface area contributed by atoms with Crippen molar-refractivity contribution in [2.24, 2.45) is 0 Å². The Balaban J connectivity index is 1.78. The van der Waals surface area contributed by atoms with Crippen LogP contribution in [0, 0.1) is 10.1 Å². The highest BCUT2D eigenvalue weighted by Gasteiger charge is 2.25. The third-order valence-electron chi connectivity index (χ3n) is 4.79. The van der Waals surface area contributed by atoms with Crippen LogP contribution in [0.4, 0.5) is 11.4 Å². The Hall–Kier alpha value is -3.42. The number of benzene rings is 2. The summed E-state index contributed by atoms with van der Waals surface area (Å²) in [4.78, 5) is 36.7. The fraction of sp³-hybridized carbons (Fsp3) is 0.300. The van der Waals surface area contributed by atoms with E-state index in [2.05, 4.69) is 5.32 Å². The number of hydrogen-bond donors (Lipinski definition) is 1. The van der Waals surface area contributed by atoms with E-state index in [1.807, 2.05) is 13.8 Å². The van der Waals surface area contributed by atoms with Crippen molar-refractivity contribution in [3.8, 4) is 5.75 Å². The van der Waals surface area contributed by atoms with Gasteiger partial charge < -0.3 is 15.0 Å². The van der Waals surface area contributed by atoms with Gasteiger partial charge in [0.15, 0.2) is 6.61 Å².